The van der Waals surface area contributed by atoms with Gasteiger partial charge in [0.15, 0.2) is 0 Å². The van der Waals surface area contributed by atoms with Crippen LogP contribution in [0.25, 0.3) is 0 Å². The van der Waals surface area contributed by atoms with Crippen LogP contribution in [0.4, 0.5) is 13.2 Å². The van der Waals surface area contributed by atoms with Crippen LogP contribution in [0.3, 0.4) is 0 Å². The lowest BCUT2D eigenvalue weighted by molar-refractivity contribution is -0.175. The van der Waals surface area contributed by atoms with E-state index in [-0.39, 0.29) is 0 Å². The Kier molecular flexibility index (Phi) is 4.72. The van der Waals surface area contributed by atoms with Crippen molar-refractivity contribution in [2.75, 3.05) is 6.54 Å². The van der Waals surface area contributed by atoms with Crippen LogP contribution >= 0.6 is 0 Å². The number of nitrogens with one attached hydrogen (secondary N) is 2. The van der Waals surface area contributed by atoms with Crippen molar-refractivity contribution in [3.8, 4) is 0 Å². The molecule has 1 aliphatic rings. The summed E-state index contributed by atoms with van der Waals surface area (Å²) < 4.78 is 37.1. The predicted molar refractivity (Wildman–Crippen MR) is 58.9 cm³/mol. The van der Waals surface area contributed by atoms with Crippen LogP contribution in [-0.4, -0.2) is 36.5 Å². The van der Waals surface area contributed by atoms with Gasteiger partial charge in [0.1, 0.15) is 0 Å². The molecule has 0 aliphatic carbocycles. The Bertz CT molecular complexity index is 323. The van der Waals surface area contributed by atoms with Gasteiger partial charge in [-0.25, -0.2) is 0 Å². The van der Waals surface area contributed by atoms with Gasteiger partial charge in [0.2, 0.25) is 5.91 Å². The molecule has 1 aliphatic heterocycles. The maximum atomic E-state index is 12.4. The van der Waals surface area contributed by atoms with E-state index in [1.807, 2.05) is 0 Å². The number of carbonyl (C=O) groups excluding carboxylic acids is 2. The Morgan fingerprint density at radius 2 is 1.94 bits per heavy atom. The first-order valence-electron chi connectivity index (χ1n) is 5.88. The third-order valence-electron chi connectivity index (χ3n) is 2.90. The molecule has 0 aromatic heterocycles. The van der Waals surface area contributed by atoms with Crippen molar-refractivity contribution in [3.05, 3.63) is 0 Å². The molecular formula is C11H17F3N2O2. The fourth-order valence-corrected chi connectivity index (χ4v) is 1.87. The SMILES string of the molecule is CC(C)C(NC(=O)C1CCCN1)C(=O)C(F)(F)F. The Morgan fingerprint density at radius 3 is 2.33 bits per heavy atom. The molecule has 0 radical (unpaired) electrons. The fourth-order valence-electron chi connectivity index (χ4n) is 1.87. The summed E-state index contributed by atoms with van der Waals surface area (Å²) in [6, 6.07) is -2.01. The van der Waals surface area contributed by atoms with E-state index in [1.165, 1.54) is 13.8 Å². The quantitative estimate of drug-likeness (QED) is 0.798. The molecule has 0 saturated carbocycles. The van der Waals surface area contributed by atoms with Crippen LogP contribution in [0.5, 0.6) is 0 Å². The molecule has 1 rings (SSSR count). The third kappa shape index (κ3) is 3.69. The number of Topliss-reactive ketones (excluding diaryl/α,β-unsaturated/α-hetero) is 1. The molecule has 4 nitrogen and oxygen atoms in total. The van der Waals surface area contributed by atoms with Crippen LogP contribution in [0, 0.1) is 5.92 Å². The molecule has 2 atom stereocenters. The summed E-state index contributed by atoms with van der Waals surface area (Å²) in [5.74, 6) is -3.04. The third-order valence-corrected chi connectivity index (χ3v) is 2.90. The van der Waals surface area contributed by atoms with Crippen molar-refractivity contribution < 1.29 is 22.8 Å². The summed E-state index contributed by atoms with van der Waals surface area (Å²) in [7, 11) is 0. The van der Waals surface area contributed by atoms with E-state index in [0.717, 1.165) is 6.42 Å². The molecule has 104 valence electrons. The van der Waals surface area contributed by atoms with Crippen LogP contribution in [0.2, 0.25) is 0 Å². The van der Waals surface area contributed by atoms with Gasteiger partial charge in [-0.05, 0) is 25.3 Å². The normalized spacial score (nSPS) is 22.0. The largest absolute Gasteiger partial charge is 0.452 e. The van der Waals surface area contributed by atoms with Gasteiger partial charge in [0.25, 0.3) is 5.78 Å². The van der Waals surface area contributed by atoms with Crippen molar-refractivity contribution in [3.63, 3.8) is 0 Å². The van der Waals surface area contributed by atoms with Crippen molar-refractivity contribution in [1.29, 1.82) is 0 Å². The van der Waals surface area contributed by atoms with Gasteiger partial charge in [-0.1, -0.05) is 13.8 Å². The molecule has 1 amide bonds. The molecule has 1 saturated heterocycles. The first kappa shape index (κ1) is 14.9. The van der Waals surface area contributed by atoms with E-state index in [1.54, 1.807) is 0 Å². The number of hydrogen-bond acceptors (Lipinski definition) is 3. The minimum atomic E-state index is -4.93. The highest BCUT2D eigenvalue weighted by atomic mass is 19.4. The summed E-state index contributed by atoms with van der Waals surface area (Å²) in [4.78, 5) is 22.9. The zero-order valence-corrected chi connectivity index (χ0v) is 10.3. The first-order chi connectivity index (χ1) is 8.23. The van der Waals surface area contributed by atoms with Crippen molar-refractivity contribution in [2.24, 2.45) is 5.92 Å². The summed E-state index contributed by atoms with van der Waals surface area (Å²) in [6.45, 7) is 3.60. The number of rotatable bonds is 4. The van der Waals surface area contributed by atoms with Gasteiger partial charge >= 0.3 is 6.18 Å². The number of amides is 1. The van der Waals surface area contributed by atoms with E-state index in [0.29, 0.717) is 13.0 Å². The number of alkyl halides is 3. The van der Waals surface area contributed by atoms with Crippen LogP contribution in [0.15, 0.2) is 0 Å². The van der Waals surface area contributed by atoms with Gasteiger partial charge < -0.3 is 10.6 Å². The molecule has 1 heterocycles. The average molecular weight is 266 g/mol. The second-order valence-corrected chi connectivity index (χ2v) is 4.74. The highest BCUT2D eigenvalue weighted by molar-refractivity contribution is 5.94. The fraction of sp³-hybridized carbons (Fsp3) is 0.818. The lowest BCUT2D eigenvalue weighted by Gasteiger charge is -2.23. The number of ketones is 1. The summed E-state index contributed by atoms with van der Waals surface area (Å²) >= 11 is 0. The second-order valence-electron chi connectivity index (χ2n) is 4.74. The van der Waals surface area contributed by atoms with E-state index >= 15 is 0 Å². The van der Waals surface area contributed by atoms with Crippen LogP contribution in [0.1, 0.15) is 26.7 Å². The van der Waals surface area contributed by atoms with E-state index in [9.17, 15) is 22.8 Å². The number of carbonyl (C=O) groups is 2. The minimum Gasteiger partial charge on any atom is -0.344 e. The molecule has 0 aromatic rings. The Hall–Kier alpha value is -1.11. The average Bonchev–Trinajstić information content (AvgIpc) is 2.76. The highest BCUT2D eigenvalue weighted by Gasteiger charge is 2.45. The molecule has 2 N–H and O–H groups in total. The molecule has 7 heteroatoms. The Balaban J connectivity index is 2.68. The second kappa shape index (κ2) is 5.69. The van der Waals surface area contributed by atoms with Crippen LogP contribution in [-0.2, 0) is 9.59 Å². The summed E-state index contributed by atoms with van der Waals surface area (Å²) in [5, 5.41) is 5.07. The monoisotopic (exact) mass is 266 g/mol. The smallest absolute Gasteiger partial charge is 0.344 e. The lowest BCUT2D eigenvalue weighted by Crippen LogP contribution is -2.53. The summed E-state index contributed by atoms with van der Waals surface area (Å²) in [6.07, 6.45) is -3.54. The van der Waals surface area contributed by atoms with Gasteiger partial charge in [0.05, 0.1) is 12.1 Å². The van der Waals surface area contributed by atoms with Crippen molar-refractivity contribution >= 4 is 11.7 Å². The van der Waals surface area contributed by atoms with Gasteiger partial charge in [-0.3, -0.25) is 9.59 Å². The Labute approximate surface area is 103 Å². The lowest BCUT2D eigenvalue weighted by atomic mass is 9.99. The zero-order valence-electron chi connectivity index (χ0n) is 10.3. The number of hydrogen-bond donors (Lipinski definition) is 2. The molecule has 2 unspecified atom stereocenters. The van der Waals surface area contributed by atoms with E-state index in [2.05, 4.69) is 10.6 Å². The van der Waals surface area contributed by atoms with Gasteiger partial charge in [0, 0.05) is 0 Å². The molecular weight excluding hydrogens is 249 g/mol. The molecule has 1 fully saturated rings. The first-order valence-corrected chi connectivity index (χ1v) is 5.88. The minimum absolute atomic E-state index is 0.493. The maximum absolute atomic E-state index is 12.4. The van der Waals surface area contributed by atoms with Gasteiger partial charge in [-0.2, -0.15) is 13.2 Å². The summed E-state index contributed by atoms with van der Waals surface area (Å²) in [5.41, 5.74) is 0. The van der Waals surface area contributed by atoms with E-state index < -0.39 is 35.9 Å². The molecule has 18 heavy (non-hydrogen) atoms. The maximum Gasteiger partial charge on any atom is 0.452 e. The van der Waals surface area contributed by atoms with E-state index in [4.69, 9.17) is 0 Å². The van der Waals surface area contributed by atoms with Gasteiger partial charge in [-0.15, -0.1) is 0 Å². The molecule has 0 bridgehead atoms. The standard InChI is InChI=1S/C11H17F3N2O2/c1-6(2)8(9(17)11(12,13)14)16-10(18)7-4-3-5-15-7/h6-8,15H,3-5H2,1-2H3,(H,16,18). The molecule has 0 aromatic carbocycles. The Morgan fingerprint density at radius 1 is 1.33 bits per heavy atom. The predicted octanol–water partition coefficient (Wildman–Crippen LogP) is 1.01. The van der Waals surface area contributed by atoms with Crippen molar-refractivity contribution in [2.45, 2.75) is 44.9 Å². The highest BCUT2D eigenvalue weighted by Crippen LogP contribution is 2.21. The molecule has 0 spiro atoms. The number of halogens is 3. The van der Waals surface area contributed by atoms with Crippen molar-refractivity contribution in [1.82, 2.24) is 10.6 Å². The van der Waals surface area contributed by atoms with Crippen LogP contribution < -0.4 is 10.6 Å². The zero-order chi connectivity index (χ0) is 13.9. The topological polar surface area (TPSA) is 58.2 Å².